The van der Waals surface area contributed by atoms with Crippen LogP contribution in [0.25, 0.3) is 11.5 Å². The van der Waals surface area contributed by atoms with E-state index in [0.717, 1.165) is 18.4 Å². The van der Waals surface area contributed by atoms with Crippen LogP contribution >= 0.6 is 0 Å². The molecule has 11 nitrogen and oxygen atoms in total. The second-order valence-electron chi connectivity index (χ2n) is 9.90. The number of rotatable bonds is 11. The van der Waals surface area contributed by atoms with Gasteiger partial charge < -0.3 is 18.8 Å². The number of methoxy groups -OCH3 is 1. The zero-order chi connectivity index (χ0) is 27.4. The van der Waals surface area contributed by atoms with Crippen LogP contribution in [0.3, 0.4) is 0 Å². The van der Waals surface area contributed by atoms with E-state index in [4.69, 9.17) is 14.2 Å². The molecule has 0 bridgehead atoms. The van der Waals surface area contributed by atoms with E-state index < -0.39 is 21.2 Å². The third-order valence-electron chi connectivity index (χ3n) is 6.64. The third-order valence-corrected chi connectivity index (χ3v) is 8.68. The lowest BCUT2D eigenvalue weighted by atomic mass is 10.1. The summed E-state index contributed by atoms with van der Waals surface area (Å²) >= 11 is 0. The predicted molar refractivity (Wildman–Crippen MR) is 141 cm³/mol. The molecule has 1 aliphatic rings. The number of hydrogen-bond donors (Lipinski definition) is 0. The average molecular weight is 545 g/mol. The van der Waals surface area contributed by atoms with Gasteiger partial charge in [-0.2, -0.15) is 0 Å². The molecule has 3 aromatic heterocycles. The number of aryl methyl sites for hydroxylation is 1. The number of aromatic nitrogens is 6. The van der Waals surface area contributed by atoms with Gasteiger partial charge >= 0.3 is 0 Å². The monoisotopic (exact) mass is 544 g/mol. The van der Waals surface area contributed by atoms with Crippen molar-refractivity contribution in [2.45, 2.75) is 82.8 Å². The molecule has 0 aromatic carbocycles. The summed E-state index contributed by atoms with van der Waals surface area (Å²) in [6, 6.07) is 5.14. The Morgan fingerprint density at radius 2 is 1.87 bits per heavy atom. The first-order chi connectivity index (χ1) is 18.1. The second kappa shape index (κ2) is 11.8. The van der Waals surface area contributed by atoms with E-state index in [1.54, 1.807) is 38.6 Å². The summed E-state index contributed by atoms with van der Waals surface area (Å²) in [7, 11) is -2.25. The maximum Gasteiger partial charge on any atom is 0.213 e. The van der Waals surface area contributed by atoms with Crippen molar-refractivity contribution in [3.05, 3.63) is 47.8 Å². The molecule has 0 spiro atoms. The van der Waals surface area contributed by atoms with Crippen LogP contribution in [0.15, 0.2) is 30.6 Å². The van der Waals surface area contributed by atoms with Gasteiger partial charge in [-0.1, -0.05) is 6.07 Å². The fraction of sp³-hybridized carbons (Fsp3) is 0.577. The largest absolute Gasteiger partial charge is 0.481 e. The minimum atomic E-state index is -3.79. The van der Waals surface area contributed by atoms with Gasteiger partial charge in [-0.25, -0.2) is 23.4 Å². The Balaban J connectivity index is 1.71. The molecule has 0 N–H and O–H groups in total. The standard InChI is InChI=1S/C26H36N6O5S/c1-16(2)37-24(25-27-13-17(3)14-28-25)19(5)38(33,34)15-22-30-31-26(20-9-7-11-23(29-20)35-6)32(22)18(4)21-10-8-12-36-21/h7,9,11,13-14,16,18-19,21,24H,8,10,12,15H2,1-6H3/t18-,19-,21-,24+/m0/s1. The Labute approximate surface area is 223 Å². The lowest BCUT2D eigenvalue weighted by Crippen LogP contribution is -2.32. The maximum atomic E-state index is 13.8. The van der Waals surface area contributed by atoms with Crippen molar-refractivity contribution in [3.8, 4) is 17.4 Å². The average Bonchev–Trinajstić information content (AvgIpc) is 3.57. The molecular weight excluding hydrogens is 508 g/mol. The van der Waals surface area contributed by atoms with Crippen molar-refractivity contribution in [3.63, 3.8) is 0 Å². The van der Waals surface area contributed by atoms with Gasteiger partial charge in [0.25, 0.3) is 0 Å². The van der Waals surface area contributed by atoms with Crippen molar-refractivity contribution in [1.82, 2.24) is 29.7 Å². The Hall–Kier alpha value is -2.96. The third kappa shape index (κ3) is 6.19. The molecule has 0 radical (unpaired) electrons. The Kier molecular flexibility index (Phi) is 8.74. The molecule has 4 rings (SSSR count). The summed E-state index contributed by atoms with van der Waals surface area (Å²) in [4.78, 5) is 13.2. The molecule has 0 unspecified atom stereocenters. The molecule has 1 saturated heterocycles. The zero-order valence-electron chi connectivity index (χ0n) is 22.7. The van der Waals surface area contributed by atoms with Crippen molar-refractivity contribution in [1.29, 1.82) is 0 Å². The molecule has 4 heterocycles. The first-order valence-electron chi connectivity index (χ1n) is 12.8. The van der Waals surface area contributed by atoms with Crippen LogP contribution in [0.5, 0.6) is 5.88 Å². The summed E-state index contributed by atoms with van der Waals surface area (Å²) in [6.45, 7) is 9.87. The van der Waals surface area contributed by atoms with E-state index in [1.807, 2.05) is 38.3 Å². The van der Waals surface area contributed by atoms with Crippen LogP contribution in [0.1, 0.15) is 69.9 Å². The van der Waals surface area contributed by atoms with Gasteiger partial charge in [0.2, 0.25) is 5.88 Å². The number of sulfone groups is 1. The quantitative estimate of drug-likeness (QED) is 0.352. The van der Waals surface area contributed by atoms with Crippen molar-refractivity contribution in [2.24, 2.45) is 0 Å². The van der Waals surface area contributed by atoms with Crippen LogP contribution < -0.4 is 4.74 Å². The molecule has 0 amide bonds. The molecule has 4 atom stereocenters. The highest BCUT2D eigenvalue weighted by molar-refractivity contribution is 7.91. The Morgan fingerprint density at radius 3 is 2.50 bits per heavy atom. The van der Waals surface area contributed by atoms with Crippen molar-refractivity contribution >= 4 is 9.84 Å². The van der Waals surface area contributed by atoms with Crippen molar-refractivity contribution in [2.75, 3.05) is 13.7 Å². The lowest BCUT2D eigenvalue weighted by molar-refractivity contribution is 0.00140. The first-order valence-corrected chi connectivity index (χ1v) is 14.5. The molecule has 3 aromatic rings. The SMILES string of the molecule is COc1cccc(-c2nnc(CS(=O)(=O)[C@@H](C)[C@@H](OC(C)C)c3ncc(C)cn3)n2[C@@H](C)[C@@H]2CCCO2)n1. The molecule has 0 aliphatic carbocycles. The highest BCUT2D eigenvalue weighted by Gasteiger charge is 2.37. The Morgan fingerprint density at radius 1 is 1.13 bits per heavy atom. The minimum absolute atomic E-state index is 0.0905. The molecule has 1 aliphatic heterocycles. The van der Waals surface area contributed by atoms with Gasteiger partial charge in [0.05, 0.1) is 30.6 Å². The molecule has 38 heavy (non-hydrogen) atoms. The Bertz CT molecular complexity index is 1320. The van der Waals surface area contributed by atoms with Crippen LogP contribution in [0.4, 0.5) is 0 Å². The molecule has 12 heteroatoms. The maximum absolute atomic E-state index is 13.8. The van der Waals surface area contributed by atoms with E-state index >= 15 is 0 Å². The fourth-order valence-electron chi connectivity index (χ4n) is 4.55. The van der Waals surface area contributed by atoms with Gasteiger partial charge in [-0.05, 0) is 59.1 Å². The van der Waals surface area contributed by atoms with Gasteiger partial charge in [0.1, 0.15) is 23.4 Å². The van der Waals surface area contributed by atoms with Crippen molar-refractivity contribution < 1.29 is 22.6 Å². The minimum Gasteiger partial charge on any atom is -0.481 e. The molecule has 0 saturated carbocycles. The topological polar surface area (TPSA) is 131 Å². The number of nitrogens with zero attached hydrogens (tertiary/aromatic N) is 6. The van der Waals surface area contributed by atoms with Gasteiger partial charge in [0, 0.05) is 25.1 Å². The van der Waals surface area contributed by atoms with Gasteiger partial charge in [0.15, 0.2) is 21.5 Å². The second-order valence-corrected chi connectivity index (χ2v) is 12.3. The highest BCUT2D eigenvalue weighted by atomic mass is 32.2. The summed E-state index contributed by atoms with van der Waals surface area (Å²) < 4.78 is 46.7. The summed E-state index contributed by atoms with van der Waals surface area (Å²) in [5.41, 5.74) is 1.41. The number of ether oxygens (including phenoxy) is 3. The smallest absolute Gasteiger partial charge is 0.213 e. The van der Waals surface area contributed by atoms with Crippen LogP contribution in [-0.4, -0.2) is 69.3 Å². The van der Waals surface area contributed by atoms with E-state index in [1.165, 1.54) is 0 Å². The fourth-order valence-corrected chi connectivity index (χ4v) is 5.93. The van der Waals surface area contributed by atoms with E-state index in [2.05, 4.69) is 25.1 Å². The van der Waals surface area contributed by atoms with Gasteiger partial charge in [-0.3, -0.25) is 0 Å². The number of pyridine rings is 1. The van der Waals surface area contributed by atoms with E-state index in [-0.39, 0.29) is 24.0 Å². The molecular formula is C26H36N6O5S. The normalized spacial score (nSPS) is 18.4. The van der Waals surface area contributed by atoms with Crippen LogP contribution in [-0.2, 0) is 25.1 Å². The molecule has 1 fully saturated rings. The summed E-state index contributed by atoms with van der Waals surface area (Å²) in [6.07, 6.45) is 3.97. The highest BCUT2D eigenvalue weighted by Crippen LogP contribution is 2.32. The van der Waals surface area contributed by atoms with Gasteiger partial charge in [-0.15, -0.1) is 10.2 Å². The molecule has 206 valence electrons. The van der Waals surface area contributed by atoms with E-state index in [9.17, 15) is 8.42 Å². The zero-order valence-corrected chi connectivity index (χ0v) is 23.6. The lowest BCUT2D eigenvalue weighted by Gasteiger charge is -2.26. The number of hydrogen-bond acceptors (Lipinski definition) is 10. The first kappa shape index (κ1) is 28.1. The van der Waals surface area contributed by atoms with E-state index in [0.29, 0.717) is 35.7 Å². The summed E-state index contributed by atoms with van der Waals surface area (Å²) in [5.74, 6) is 1.19. The van der Waals surface area contributed by atoms with Crippen LogP contribution in [0, 0.1) is 6.92 Å². The van der Waals surface area contributed by atoms with Crippen LogP contribution in [0.2, 0.25) is 0 Å². The summed E-state index contributed by atoms with van der Waals surface area (Å²) in [5, 5.41) is 7.78. The predicted octanol–water partition coefficient (Wildman–Crippen LogP) is 3.66.